The van der Waals surface area contributed by atoms with Gasteiger partial charge in [0.15, 0.2) is 0 Å². The summed E-state index contributed by atoms with van der Waals surface area (Å²) in [5.74, 6) is -0.0893. The fraction of sp³-hybridized carbons (Fsp3) is 0.619. The first-order valence-corrected chi connectivity index (χ1v) is 11.0. The lowest BCUT2D eigenvalue weighted by Gasteiger charge is -2.44. The van der Waals surface area contributed by atoms with Gasteiger partial charge in [-0.1, -0.05) is 11.6 Å². The van der Waals surface area contributed by atoms with E-state index in [1.165, 1.54) is 11.3 Å². The molecule has 4 heterocycles. The predicted octanol–water partition coefficient (Wildman–Crippen LogP) is 1.88. The van der Waals surface area contributed by atoms with E-state index in [0.717, 1.165) is 50.3 Å². The van der Waals surface area contributed by atoms with Crippen molar-refractivity contribution in [2.45, 2.75) is 43.9 Å². The lowest BCUT2D eigenvalue weighted by atomic mass is 10.00. The number of hydrogen-bond donors (Lipinski definition) is 1. The van der Waals surface area contributed by atoms with E-state index >= 15 is 0 Å². The minimum absolute atomic E-state index is 0.0335. The summed E-state index contributed by atoms with van der Waals surface area (Å²) in [6.45, 7) is 3.94. The highest BCUT2D eigenvalue weighted by atomic mass is 35.5. The van der Waals surface area contributed by atoms with Crippen molar-refractivity contribution in [3.63, 3.8) is 0 Å². The highest BCUT2D eigenvalue weighted by Gasteiger charge is 2.38. The third-order valence-corrected chi connectivity index (χ3v) is 6.98. The number of piperidine rings is 2. The van der Waals surface area contributed by atoms with Crippen LogP contribution in [0, 0.1) is 0 Å². The highest BCUT2D eigenvalue weighted by molar-refractivity contribution is 6.30. The predicted molar refractivity (Wildman–Crippen MR) is 110 cm³/mol. The number of likely N-dealkylation sites (tertiary alicyclic amines) is 2. The van der Waals surface area contributed by atoms with Crippen molar-refractivity contribution in [3.05, 3.63) is 28.8 Å². The molecule has 0 bridgehead atoms. The molecule has 4 aliphatic heterocycles. The van der Waals surface area contributed by atoms with Crippen molar-refractivity contribution in [2.24, 2.45) is 0 Å². The van der Waals surface area contributed by atoms with Crippen LogP contribution in [0.2, 0.25) is 5.02 Å². The molecule has 1 aromatic carbocycles. The molecular weight excluding hydrogens is 392 g/mol. The fourth-order valence-electron chi connectivity index (χ4n) is 5.22. The largest absolute Gasteiger partial charge is 0.368 e. The second-order valence-corrected chi connectivity index (χ2v) is 8.91. The Balaban J connectivity index is 1.17. The van der Waals surface area contributed by atoms with Crippen molar-refractivity contribution >= 4 is 29.2 Å². The molecule has 3 amide bonds. The molecular formula is C21H27ClN4O3. The Morgan fingerprint density at radius 3 is 2.72 bits per heavy atom. The summed E-state index contributed by atoms with van der Waals surface area (Å²) in [6, 6.07) is 6.65. The molecule has 1 unspecified atom stereocenters. The van der Waals surface area contributed by atoms with Crippen molar-refractivity contribution < 1.29 is 14.3 Å². The molecule has 4 aliphatic rings. The van der Waals surface area contributed by atoms with Gasteiger partial charge in [0.25, 0.3) is 0 Å². The number of benzene rings is 1. The lowest BCUT2D eigenvalue weighted by Crippen LogP contribution is -2.62. The van der Waals surface area contributed by atoms with Gasteiger partial charge in [-0.3, -0.25) is 4.79 Å². The third kappa shape index (κ3) is 3.66. The number of hydrogen-bond acceptors (Lipinski definition) is 4. The van der Waals surface area contributed by atoms with Gasteiger partial charge >= 0.3 is 6.03 Å². The molecule has 3 saturated heterocycles. The standard InChI is InChI=1S/C21H27ClN4O3/c22-15-1-2-18-14(11-15)3-10-26(18)16-4-7-24(8-5-16)21(28)25-9-6-19-17(12-25)23-20(27)13-29-19/h1-2,11,16-17,19H,3-10,12-13H2,(H,23,27)/t17?,19-/m0/s1. The molecule has 0 saturated carbocycles. The summed E-state index contributed by atoms with van der Waals surface area (Å²) in [4.78, 5) is 31.0. The fourth-order valence-corrected chi connectivity index (χ4v) is 5.41. The van der Waals surface area contributed by atoms with Gasteiger partial charge in [0.2, 0.25) is 5.91 Å². The number of amides is 3. The molecule has 0 spiro atoms. The number of carbonyl (C=O) groups is 2. The van der Waals surface area contributed by atoms with Crippen LogP contribution in [-0.4, -0.2) is 79.3 Å². The van der Waals surface area contributed by atoms with E-state index in [4.69, 9.17) is 16.3 Å². The van der Waals surface area contributed by atoms with Crippen molar-refractivity contribution in [1.82, 2.24) is 15.1 Å². The minimum atomic E-state index is -0.0893. The number of urea groups is 1. The number of ether oxygens (including phenoxy) is 1. The summed E-state index contributed by atoms with van der Waals surface area (Å²) >= 11 is 6.14. The Morgan fingerprint density at radius 2 is 1.90 bits per heavy atom. The number of fused-ring (bicyclic) bond motifs is 2. The first kappa shape index (κ1) is 19.0. The number of nitrogens with zero attached hydrogens (tertiary/aromatic N) is 3. The zero-order chi connectivity index (χ0) is 20.0. The van der Waals surface area contributed by atoms with Gasteiger partial charge in [-0.15, -0.1) is 0 Å². The maximum atomic E-state index is 13.0. The Hall–Kier alpha value is -1.99. The Labute approximate surface area is 175 Å². The van der Waals surface area contributed by atoms with Crippen LogP contribution in [-0.2, 0) is 16.0 Å². The number of halogens is 1. The van der Waals surface area contributed by atoms with E-state index < -0.39 is 0 Å². The molecule has 1 N–H and O–H groups in total. The summed E-state index contributed by atoms with van der Waals surface area (Å²) in [5, 5.41) is 3.77. The van der Waals surface area contributed by atoms with E-state index in [9.17, 15) is 9.59 Å². The van der Waals surface area contributed by atoms with Crippen molar-refractivity contribution in [2.75, 3.05) is 44.2 Å². The average molecular weight is 419 g/mol. The van der Waals surface area contributed by atoms with Gasteiger partial charge in [0.05, 0.1) is 12.1 Å². The quantitative estimate of drug-likeness (QED) is 0.756. The second-order valence-electron chi connectivity index (χ2n) is 8.48. The Morgan fingerprint density at radius 1 is 1.10 bits per heavy atom. The summed E-state index contributed by atoms with van der Waals surface area (Å²) in [6.07, 6.45) is 3.81. The van der Waals surface area contributed by atoms with Crippen LogP contribution in [0.3, 0.4) is 0 Å². The van der Waals surface area contributed by atoms with E-state index in [1.807, 2.05) is 15.9 Å². The topological polar surface area (TPSA) is 65.1 Å². The number of anilines is 1. The summed E-state index contributed by atoms with van der Waals surface area (Å²) < 4.78 is 5.60. The molecule has 7 nitrogen and oxygen atoms in total. The number of morpholine rings is 1. The van der Waals surface area contributed by atoms with Crippen LogP contribution in [0.1, 0.15) is 24.8 Å². The molecule has 8 heteroatoms. The molecule has 0 aromatic heterocycles. The number of nitrogens with one attached hydrogen (secondary N) is 1. The van der Waals surface area contributed by atoms with Gasteiger partial charge < -0.3 is 24.8 Å². The molecule has 0 radical (unpaired) electrons. The van der Waals surface area contributed by atoms with E-state index in [-0.39, 0.29) is 30.7 Å². The Bertz CT molecular complexity index is 811. The molecule has 2 atom stereocenters. The lowest BCUT2D eigenvalue weighted by molar-refractivity contribution is -0.139. The first-order chi connectivity index (χ1) is 14.1. The van der Waals surface area contributed by atoms with Gasteiger partial charge in [0, 0.05) is 49.5 Å². The van der Waals surface area contributed by atoms with E-state index in [0.29, 0.717) is 19.1 Å². The maximum Gasteiger partial charge on any atom is 0.320 e. The zero-order valence-corrected chi connectivity index (χ0v) is 17.2. The first-order valence-electron chi connectivity index (χ1n) is 10.6. The van der Waals surface area contributed by atoms with Crippen LogP contribution in [0.15, 0.2) is 18.2 Å². The average Bonchev–Trinajstić information content (AvgIpc) is 3.15. The maximum absolute atomic E-state index is 13.0. The molecule has 5 rings (SSSR count). The van der Waals surface area contributed by atoms with Gasteiger partial charge in [-0.25, -0.2) is 4.79 Å². The Kier molecular flexibility index (Phi) is 5.04. The van der Waals surface area contributed by atoms with Gasteiger partial charge in [-0.2, -0.15) is 0 Å². The van der Waals surface area contributed by atoms with Crippen LogP contribution < -0.4 is 10.2 Å². The number of carbonyl (C=O) groups excluding carboxylic acids is 2. The normalized spacial score (nSPS) is 27.5. The van der Waals surface area contributed by atoms with Crippen LogP contribution >= 0.6 is 11.6 Å². The SMILES string of the molecule is O=C1CO[C@H]2CCN(C(=O)N3CCC(N4CCc5cc(Cl)ccc54)CC3)CC2N1. The van der Waals surface area contributed by atoms with Crippen molar-refractivity contribution in [3.8, 4) is 0 Å². The molecule has 29 heavy (non-hydrogen) atoms. The second kappa shape index (κ2) is 7.69. The zero-order valence-electron chi connectivity index (χ0n) is 16.5. The molecule has 0 aliphatic carbocycles. The highest BCUT2D eigenvalue weighted by Crippen LogP contribution is 2.34. The molecule has 3 fully saturated rings. The van der Waals surface area contributed by atoms with Gasteiger partial charge in [-0.05, 0) is 49.4 Å². The van der Waals surface area contributed by atoms with Gasteiger partial charge in [0.1, 0.15) is 6.61 Å². The summed E-state index contributed by atoms with van der Waals surface area (Å²) in [5.41, 5.74) is 2.63. The minimum Gasteiger partial charge on any atom is -0.368 e. The van der Waals surface area contributed by atoms with E-state index in [2.05, 4.69) is 22.3 Å². The van der Waals surface area contributed by atoms with Crippen LogP contribution in [0.25, 0.3) is 0 Å². The number of rotatable bonds is 1. The monoisotopic (exact) mass is 418 g/mol. The van der Waals surface area contributed by atoms with Crippen molar-refractivity contribution in [1.29, 1.82) is 0 Å². The van der Waals surface area contributed by atoms with Crippen LogP contribution in [0.5, 0.6) is 0 Å². The van der Waals surface area contributed by atoms with E-state index in [1.54, 1.807) is 0 Å². The van der Waals surface area contributed by atoms with Crippen LogP contribution in [0.4, 0.5) is 10.5 Å². The smallest absolute Gasteiger partial charge is 0.320 e. The molecule has 156 valence electrons. The molecule has 1 aromatic rings. The summed E-state index contributed by atoms with van der Waals surface area (Å²) in [7, 11) is 0. The third-order valence-electron chi connectivity index (χ3n) is 6.74.